The van der Waals surface area contributed by atoms with E-state index in [4.69, 9.17) is 0 Å². The summed E-state index contributed by atoms with van der Waals surface area (Å²) in [6.45, 7) is 4.92. The summed E-state index contributed by atoms with van der Waals surface area (Å²) in [5, 5.41) is 3.48. The van der Waals surface area contributed by atoms with E-state index in [2.05, 4.69) is 12.2 Å². The lowest BCUT2D eigenvalue weighted by molar-refractivity contribution is 0.0735. The Balaban J connectivity index is 1.29. The van der Waals surface area contributed by atoms with Crippen LogP contribution in [0.5, 0.6) is 0 Å². The minimum absolute atomic E-state index is 0.0277. The van der Waals surface area contributed by atoms with Crippen molar-refractivity contribution in [3.8, 4) is 0 Å². The summed E-state index contributed by atoms with van der Waals surface area (Å²) in [7, 11) is 0. The third kappa shape index (κ3) is 4.46. The first kappa shape index (κ1) is 22.9. The highest BCUT2D eigenvalue weighted by atomic mass is 19.1. The Kier molecular flexibility index (Phi) is 6.40. The van der Waals surface area contributed by atoms with Crippen molar-refractivity contribution in [1.29, 1.82) is 0 Å². The fraction of sp³-hybridized carbons (Fsp3) is 0.286. The molecule has 2 amide bonds. The molecule has 1 N–H and O–H groups in total. The Morgan fingerprint density at radius 1 is 0.971 bits per heavy atom. The zero-order chi connectivity index (χ0) is 24.4. The number of nitrogens with one attached hydrogen (secondary N) is 1. The number of amides is 2. The molecule has 0 saturated carbocycles. The van der Waals surface area contributed by atoms with Gasteiger partial charge in [-0.3, -0.25) is 9.59 Å². The van der Waals surface area contributed by atoms with Crippen LogP contribution in [0.2, 0.25) is 0 Å². The highest BCUT2D eigenvalue weighted by Crippen LogP contribution is 2.34. The van der Waals surface area contributed by atoms with E-state index in [1.165, 1.54) is 6.07 Å². The average molecular weight is 473 g/mol. The van der Waals surface area contributed by atoms with Crippen molar-refractivity contribution < 1.29 is 14.0 Å². The molecule has 0 spiro atoms. The van der Waals surface area contributed by atoms with Crippen LogP contribution in [0.3, 0.4) is 0 Å². The zero-order valence-corrected chi connectivity index (χ0v) is 19.8. The molecule has 0 aromatic heterocycles. The zero-order valence-electron chi connectivity index (χ0n) is 19.8. The van der Waals surface area contributed by atoms with E-state index in [1.54, 1.807) is 12.1 Å². The lowest BCUT2D eigenvalue weighted by atomic mass is 10.1. The maximum Gasteiger partial charge on any atom is 0.256 e. The van der Waals surface area contributed by atoms with Gasteiger partial charge >= 0.3 is 0 Å². The first-order valence-electron chi connectivity index (χ1n) is 12.1. The first-order valence-corrected chi connectivity index (χ1v) is 12.1. The molecule has 3 aromatic rings. The van der Waals surface area contributed by atoms with Crippen LogP contribution < -0.4 is 10.2 Å². The van der Waals surface area contributed by atoms with Crippen molar-refractivity contribution in [2.75, 3.05) is 42.9 Å². The molecule has 1 saturated heterocycles. The molecule has 0 radical (unpaired) electrons. The third-order valence-corrected chi connectivity index (χ3v) is 6.70. The van der Waals surface area contributed by atoms with Crippen LogP contribution in [-0.2, 0) is 0 Å². The number of nitrogens with zero attached hydrogens (tertiary/aromatic N) is 3. The number of rotatable bonds is 6. The maximum atomic E-state index is 14.1. The Hall–Kier alpha value is -3.87. The van der Waals surface area contributed by atoms with Crippen LogP contribution >= 0.6 is 0 Å². The topological polar surface area (TPSA) is 55.9 Å². The van der Waals surface area contributed by atoms with Crippen LogP contribution in [0, 0.1) is 5.82 Å². The van der Waals surface area contributed by atoms with Gasteiger partial charge in [0.05, 0.1) is 5.69 Å². The summed E-state index contributed by atoms with van der Waals surface area (Å²) in [6, 6.07) is 21.8. The summed E-state index contributed by atoms with van der Waals surface area (Å²) in [6.07, 6.45) is 0.586. The van der Waals surface area contributed by atoms with E-state index < -0.39 is 0 Å². The van der Waals surface area contributed by atoms with Gasteiger partial charge in [-0.15, -0.1) is 0 Å². The molecule has 7 heteroatoms. The Morgan fingerprint density at radius 3 is 2.49 bits per heavy atom. The minimum atomic E-state index is -0.270. The number of anilines is 2. The summed E-state index contributed by atoms with van der Waals surface area (Å²) in [4.78, 5) is 31.8. The molecule has 1 atom stereocenters. The fourth-order valence-corrected chi connectivity index (χ4v) is 4.94. The summed E-state index contributed by atoms with van der Waals surface area (Å²) >= 11 is 0. The number of carbonyl (C=O) groups excluding carboxylic acids is 2. The predicted molar refractivity (Wildman–Crippen MR) is 135 cm³/mol. The van der Waals surface area contributed by atoms with Gasteiger partial charge in [0.2, 0.25) is 0 Å². The number of hydrogen-bond donors (Lipinski definition) is 1. The van der Waals surface area contributed by atoms with E-state index >= 15 is 0 Å². The Bertz CT molecular complexity index is 1240. The van der Waals surface area contributed by atoms with Crippen molar-refractivity contribution in [3.05, 3.63) is 95.3 Å². The number of halogens is 1. The van der Waals surface area contributed by atoms with Crippen molar-refractivity contribution in [3.63, 3.8) is 0 Å². The molecule has 2 heterocycles. The first-order chi connectivity index (χ1) is 17.1. The fourth-order valence-electron chi connectivity index (χ4n) is 4.94. The Labute approximate surface area is 205 Å². The van der Waals surface area contributed by atoms with Crippen LogP contribution in [0.15, 0.2) is 72.8 Å². The molecule has 35 heavy (non-hydrogen) atoms. The molecular weight excluding hydrogens is 443 g/mol. The van der Waals surface area contributed by atoms with E-state index in [9.17, 15) is 14.0 Å². The predicted octanol–water partition coefficient (Wildman–Crippen LogP) is 4.76. The molecule has 0 aliphatic carbocycles. The number of fused-ring (bicyclic) bond motifs is 1. The highest BCUT2D eigenvalue weighted by Gasteiger charge is 2.36. The van der Waals surface area contributed by atoms with Crippen LogP contribution in [0.1, 0.15) is 45.8 Å². The quantitative estimate of drug-likeness (QED) is 0.562. The molecule has 180 valence electrons. The second kappa shape index (κ2) is 9.78. The number of hydrogen-bond acceptors (Lipinski definition) is 4. The van der Waals surface area contributed by atoms with Crippen molar-refractivity contribution in [2.45, 2.75) is 19.5 Å². The van der Waals surface area contributed by atoms with Crippen molar-refractivity contribution in [1.82, 2.24) is 9.80 Å². The molecule has 5 rings (SSSR count). The normalized spacial score (nSPS) is 17.5. The highest BCUT2D eigenvalue weighted by molar-refractivity contribution is 5.99. The van der Waals surface area contributed by atoms with Crippen molar-refractivity contribution >= 4 is 23.2 Å². The summed E-state index contributed by atoms with van der Waals surface area (Å²) < 4.78 is 14.1. The third-order valence-electron chi connectivity index (χ3n) is 6.70. The van der Waals surface area contributed by atoms with Crippen LogP contribution in [0.4, 0.5) is 15.8 Å². The van der Waals surface area contributed by atoms with E-state index in [0.29, 0.717) is 44.0 Å². The number of piperazine rings is 1. The van der Waals surface area contributed by atoms with Gasteiger partial charge in [0.15, 0.2) is 0 Å². The van der Waals surface area contributed by atoms with Gasteiger partial charge in [0, 0.05) is 55.1 Å². The van der Waals surface area contributed by atoms with E-state index in [0.717, 1.165) is 23.2 Å². The number of carbonyl (C=O) groups is 2. The monoisotopic (exact) mass is 472 g/mol. The smallest absolute Gasteiger partial charge is 0.256 e. The maximum absolute atomic E-state index is 14.1. The molecule has 1 fully saturated rings. The number of benzene rings is 3. The largest absolute Gasteiger partial charge is 0.366 e. The van der Waals surface area contributed by atoms with Gasteiger partial charge < -0.3 is 20.0 Å². The SMILES string of the molecule is CCCN1C(=O)c2ccccc2C1Nc1cccc(C(=O)N2CCN(c3ccccc3F)CC2)c1. The standard InChI is InChI=1S/C28H29FN4O2/c1-2-14-33-26(22-10-3-4-11-23(22)28(33)35)30-21-9-7-8-20(19-21)27(34)32-17-15-31(16-18-32)25-13-6-5-12-24(25)29/h3-13,19,26,30H,2,14-18H2,1H3. The molecule has 1 unspecified atom stereocenters. The second-order valence-electron chi connectivity index (χ2n) is 8.94. The van der Waals surface area contributed by atoms with Gasteiger partial charge in [0.1, 0.15) is 12.0 Å². The molecule has 2 aliphatic heterocycles. The Morgan fingerprint density at radius 2 is 1.71 bits per heavy atom. The molecule has 6 nitrogen and oxygen atoms in total. The molecular formula is C28H29FN4O2. The van der Waals surface area contributed by atoms with E-state index in [-0.39, 0.29) is 23.8 Å². The van der Waals surface area contributed by atoms with Gasteiger partial charge in [-0.25, -0.2) is 4.39 Å². The van der Waals surface area contributed by atoms with Crippen LogP contribution in [-0.4, -0.2) is 54.3 Å². The van der Waals surface area contributed by atoms with E-state index in [1.807, 2.05) is 69.3 Å². The number of para-hydroxylation sites is 1. The summed E-state index contributed by atoms with van der Waals surface area (Å²) in [5.74, 6) is -0.259. The van der Waals surface area contributed by atoms with Gasteiger partial charge in [0.25, 0.3) is 11.8 Å². The molecule has 2 aliphatic rings. The van der Waals surface area contributed by atoms with Crippen molar-refractivity contribution in [2.24, 2.45) is 0 Å². The lowest BCUT2D eigenvalue weighted by Crippen LogP contribution is -2.49. The van der Waals surface area contributed by atoms with Gasteiger partial charge in [-0.1, -0.05) is 43.3 Å². The van der Waals surface area contributed by atoms with Gasteiger partial charge in [-0.2, -0.15) is 0 Å². The van der Waals surface area contributed by atoms with Gasteiger partial charge in [-0.05, 0) is 42.8 Å². The molecule has 3 aromatic carbocycles. The molecule has 0 bridgehead atoms. The minimum Gasteiger partial charge on any atom is -0.366 e. The lowest BCUT2D eigenvalue weighted by Gasteiger charge is -2.36. The summed E-state index contributed by atoms with van der Waals surface area (Å²) in [5.41, 5.74) is 3.63. The second-order valence-corrected chi connectivity index (χ2v) is 8.94. The average Bonchev–Trinajstić information content (AvgIpc) is 3.15. The van der Waals surface area contributed by atoms with Crippen LogP contribution in [0.25, 0.3) is 0 Å².